The van der Waals surface area contributed by atoms with Crippen molar-refractivity contribution in [1.82, 2.24) is 9.78 Å². The van der Waals surface area contributed by atoms with Gasteiger partial charge in [0.1, 0.15) is 0 Å². The number of nitrogens with one attached hydrogen (secondary N) is 1. The van der Waals surface area contributed by atoms with Gasteiger partial charge in [-0.3, -0.25) is 9.48 Å². The van der Waals surface area contributed by atoms with Crippen LogP contribution in [0.2, 0.25) is 0 Å². The van der Waals surface area contributed by atoms with Gasteiger partial charge in [0.05, 0.1) is 17.6 Å². The summed E-state index contributed by atoms with van der Waals surface area (Å²) < 4.78 is 1.93. The molecule has 22 heavy (non-hydrogen) atoms. The third kappa shape index (κ3) is 2.37. The van der Waals surface area contributed by atoms with Gasteiger partial charge < -0.3 is 5.32 Å². The second kappa shape index (κ2) is 5.10. The van der Waals surface area contributed by atoms with Crippen molar-refractivity contribution in [1.29, 1.82) is 0 Å². The van der Waals surface area contributed by atoms with Gasteiger partial charge in [0.2, 0.25) is 5.91 Å². The maximum absolute atomic E-state index is 12.6. The first kappa shape index (κ1) is 14.3. The molecule has 120 valence electrons. The van der Waals surface area contributed by atoms with E-state index < -0.39 is 0 Å². The van der Waals surface area contributed by atoms with Crippen molar-refractivity contribution in [3.63, 3.8) is 0 Å². The summed E-state index contributed by atoms with van der Waals surface area (Å²) in [5.41, 5.74) is 2.26. The van der Waals surface area contributed by atoms with Gasteiger partial charge in [0, 0.05) is 13.0 Å². The van der Waals surface area contributed by atoms with Crippen molar-refractivity contribution in [3.05, 3.63) is 11.9 Å². The van der Waals surface area contributed by atoms with E-state index in [1.54, 1.807) is 6.20 Å². The van der Waals surface area contributed by atoms with Crippen LogP contribution in [0.25, 0.3) is 0 Å². The largest absolute Gasteiger partial charge is 0.323 e. The lowest BCUT2D eigenvalue weighted by atomic mass is 9.49. The van der Waals surface area contributed by atoms with Gasteiger partial charge >= 0.3 is 0 Å². The third-order valence-corrected chi connectivity index (χ3v) is 6.38. The lowest BCUT2D eigenvalue weighted by Crippen LogP contribution is -2.47. The average Bonchev–Trinajstić information content (AvgIpc) is 2.77. The van der Waals surface area contributed by atoms with Gasteiger partial charge in [0.25, 0.3) is 0 Å². The van der Waals surface area contributed by atoms with E-state index >= 15 is 0 Å². The minimum atomic E-state index is 0.195. The summed E-state index contributed by atoms with van der Waals surface area (Å²) in [7, 11) is 0. The number of anilines is 1. The van der Waals surface area contributed by atoms with Crippen LogP contribution in [-0.2, 0) is 11.3 Å². The van der Waals surface area contributed by atoms with E-state index in [1.165, 1.54) is 38.5 Å². The van der Waals surface area contributed by atoms with Crippen molar-refractivity contribution in [2.45, 2.75) is 65.3 Å². The first-order chi connectivity index (χ1) is 10.6. The van der Waals surface area contributed by atoms with E-state index in [1.807, 2.05) is 11.6 Å². The highest BCUT2D eigenvalue weighted by molar-refractivity contribution is 5.91. The van der Waals surface area contributed by atoms with Crippen molar-refractivity contribution in [3.8, 4) is 0 Å². The van der Waals surface area contributed by atoms with Crippen LogP contribution in [0.4, 0.5) is 5.69 Å². The Morgan fingerprint density at radius 2 is 1.86 bits per heavy atom. The van der Waals surface area contributed by atoms with E-state index in [9.17, 15) is 4.79 Å². The quantitative estimate of drug-likeness (QED) is 0.920. The fourth-order valence-corrected chi connectivity index (χ4v) is 5.93. The molecule has 1 amide bonds. The summed E-state index contributed by atoms with van der Waals surface area (Å²) in [6.45, 7) is 4.94. The zero-order chi connectivity index (χ0) is 15.3. The number of nitrogens with zero attached hydrogens (tertiary/aromatic N) is 2. The fourth-order valence-electron chi connectivity index (χ4n) is 5.93. The minimum Gasteiger partial charge on any atom is -0.323 e. The number of carbonyl (C=O) groups excluding carboxylic acids is 1. The molecule has 5 rings (SSSR count). The van der Waals surface area contributed by atoms with Crippen molar-refractivity contribution >= 4 is 11.6 Å². The molecule has 4 aliphatic rings. The van der Waals surface area contributed by atoms with Crippen LogP contribution in [0.1, 0.15) is 57.6 Å². The van der Waals surface area contributed by atoms with E-state index in [0.29, 0.717) is 11.8 Å². The summed E-state index contributed by atoms with van der Waals surface area (Å²) in [5.74, 6) is 2.91. The molecule has 0 spiro atoms. The molecule has 0 radical (unpaired) electrons. The average molecular weight is 301 g/mol. The van der Waals surface area contributed by atoms with E-state index in [2.05, 4.69) is 17.3 Å². The maximum Gasteiger partial charge on any atom is 0.225 e. The molecule has 4 aliphatic carbocycles. The Kier molecular flexibility index (Phi) is 3.31. The van der Waals surface area contributed by atoms with E-state index in [4.69, 9.17) is 0 Å². The van der Waals surface area contributed by atoms with Crippen molar-refractivity contribution < 1.29 is 4.79 Å². The van der Waals surface area contributed by atoms with Crippen LogP contribution in [0.5, 0.6) is 0 Å². The highest BCUT2D eigenvalue weighted by Crippen LogP contribution is 2.61. The summed E-state index contributed by atoms with van der Waals surface area (Å²) in [6.07, 6.45) is 10.7. The molecule has 4 saturated carbocycles. The normalized spacial score (nSPS) is 35.8. The Hall–Kier alpha value is -1.32. The fraction of sp³-hybridized carbons (Fsp3) is 0.778. The molecule has 1 heterocycles. The SMILES string of the molecule is CCn1ncc(NC(=O)CC23CC4CC(CC(C4)C2)C3)c1C. The van der Waals surface area contributed by atoms with Crippen molar-refractivity contribution in [2.75, 3.05) is 5.32 Å². The minimum absolute atomic E-state index is 0.195. The van der Waals surface area contributed by atoms with Gasteiger partial charge in [-0.1, -0.05) is 0 Å². The van der Waals surface area contributed by atoms with Crippen LogP contribution >= 0.6 is 0 Å². The van der Waals surface area contributed by atoms with Crippen LogP contribution < -0.4 is 5.32 Å². The highest BCUT2D eigenvalue weighted by atomic mass is 16.1. The number of carbonyl (C=O) groups is 1. The Balaban J connectivity index is 1.44. The third-order valence-electron chi connectivity index (χ3n) is 6.38. The molecule has 4 nitrogen and oxygen atoms in total. The van der Waals surface area contributed by atoms with E-state index in [0.717, 1.165) is 35.7 Å². The Bertz CT molecular complexity index is 554. The molecule has 4 heteroatoms. The molecule has 0 unspecified atom stereocenters. The van der Waals surface area contributed by atoms with Gasteiger partial charge in [-0.05, 0) is 75.5 Å². The summed E-state index contributed by atoms with van der Waals surface area (Å²) in [4.78, 5) is 12.6. The van der Waals surface area contributed by atoms with Crippen LogP contribution in [0.15, 0.2) is 6.20 Å². The number of aromatic nitrogens is 2. The number of hydrogen-bond acceptors (Lipinski definition) is 2. The van der Waals surface area contributed by atoms with E-state index in [-0.39, 0.29) is 5.91 Å². The summed E-state index contributed by atoms with van der Waals surface area (Å²) in [6, 6.07) is 0. The number of aryl methyl sites for hydroxylation is 1. The summed E-state index contributed by atoms with van der Waals surface area (Å²) in [5, 5.41) is 7.43. The maximum atomic E-state index is 12.6. The number of rotatable bonds is 4. The predicted octanol–water partition coefficient (Wildman–Crippen LogP) is 3.76. The second-order valence-electron chi connectivity index (χ2n) is 8.10. The second-order valence-corrected chi connectivity index (χ2v) is 8.10. The number of hydrogen-bond donors (Lipinski definition) is 1. The Morgan fingerprint density at radius 1 is 1.27 bits per heavy atom. The molecular weight excluding hydrogens is 274 g/mol. The zero-order valence-corrected chi connectivity index (χ0v) is 13.8. The van der Waals surface area contributed by atoms with Crippen LogP contribution in [-0.4, -0.2) is 15.7 Å². The summed E-state index contributed by atoms with van der Waals surface area (Å²) >= 11 is 0. The molecule has 1 N–H and O–H groups in total. The standard InChI is InChI=1S/C18H27N3O/c1-3-21-12(2)16(11-19-21)20-17(22)10-18-7-13-4-14(8-18)6-15(5-13)9-18/h11,13-15H,3-10H2,1-2H3,(H,20,22). The molecule has 0 atom stereocenters. The topological polar surface area (TPSA) is 46.9 Å². The van der Waals surface area contributed by atoms with Crippen molar-refractivity contribution in [2.24, 2.45) is 23.2 Å². The Labute approximate surface area is 132 Å². The first-order valence-electron chi connectivity index (χ1n) is 8.89. The lowest BCUT2D eigenvalue weighted by Gasteiger charge is -2.56. The van der Waals surface area contributed by atoms with Gasteiger partial charge in [-0.2, -0.15) is 5.10 Å². The zero-order valence-electron chi connectivity index (χ0n) is 13.8. The smallest absolute Gasteiger partial charge is 0.225 e. The lowest BCUT2D eigenvalue weighted by molar-refractivity contribution is -0.124. The predicted molar refractivity (Wildman–Crippen MR) is 86.5 cm³/mol. The molecule has 0 aromatic carbocycles. The molecule has 4 bridgehead atoms. The van der Waals surface area contributed by atoms with Crippen LogP contribution in [0.3, 0.4) is 0 Å². The van der Waals surface area contributed by atoms with Gasteiger partial charge in [-0.25, -0.2) is 0 Å². The molecular formula is C18H27N3O. The molecule has 4 fully saturated rings. The molecule has 1 aromatic heterocycles. The monoisotopic (exact) mass is 301 g/mol. The van der Waals surface area contributed by atoms with Crippen LogP contribution in [0, 0.1) is 30.1 Å². The first-order valence-corrected chi connectivity index (χ1v) is 8.89. The number of amides is 1. The molecule has 1 aromatic rings. The van der Waals surface area contributed by atoms with Gasteiger partial charge in [0.15, 0.2) is 0 Å². The van der Waals surface area contributed by atoms with Gasteiger partial charge in [-0.15, -0.1) is 0 Å². The Morgan fingerprint density at radius 3 is 2.36 bits per heavy atom. The molecule has 0 aliphatic heterocycles. The molecule has 0 saturated heterocycles. The highest BCUT2D eigenvalue weighted by Gasteiger charge is 2.51.